The maximum Gasteiger partial charge on any atom is 0.241 e. The van der Waals surface area contributed by atoms with Crippen LogP contribution in [0.2, 0.25) is 0 Å². The van der Waals surface area contributed by atoms with E-state index in [2.05, 4.69) is 26.8 Å². The summed E-state index contributed by atoms with van der Waals surface area (Å²) in [5, 5.41) is 10.2. The van der Waals surface area contributed by atoms with Gasteiger partial charge in [-0.3, -0.25) is 14.5 Å². The number of carbonyl (C=O) groups is 1. The van der Waals surface area contributed by atoms with E-state index < -0.39 is 0 Å². The molecular formula is C14H17N5O. The van der Waals surface area contributed by atoms with Crippen LogP contribution in [0.3, 0.4) is 0 Å². The van der Waals surface area contributed by atoms with E-state index in [-0.39, 0.29) is 18.5 Å². The number of fused-ring (bicyclic) bond motifs is 1. The first-order chi connectivity index (χ1) is 9.76. The van der Waals surface area contributed by atoms with Crippen molar-refractivity contribution in [2.24, 2.45) is 0 Å². The first kappa shape index (κ1) is 12.7. The minimum Gasteiger partial charge on any atom is -0.374 e. The summed E-state index contributed by atoms with van der Waals surface area (Å²) >= 11 is 0. The van der Waals surface area contributed by atoms with Gasteiger partial charge in [0.2, 0.25) is 5.91 Å². The molecule has 2 aromatic rings. The van der Waals surface area contributed by atoms with Crippen LogP contribution in [-0.2, 0) is 17.8 Å². The van der Waals surface area contributed by atoms with Crippen molar-refractivity contribution < 1.29 is 4.79 Å². The third-order valence-electron chi connectivity index (χ3n) is 3.52. The molecule has 1 aliphatic carbocycles. The van der Waals surface area contributed by atoms with Crippen molar-refractivity contribution in [1.82, 2.24) is 20.1 Å². The van der Waals surface area contributed by atoms with Gasteiger partial charge in [-0.05, 0) is 24.5 Å². The molecule has 0 aliphatic heterocycles. The lowest BCUT2D eigenvalue weighted by Crippen LogP contribution is -2.23. The Morgan fingerprint density at radius 1 is 1.55 bits per heavy atom. The summed E-state index contributed by atoms with van der Waals surface area (Å²) in [6.45, 7) is 0.234. The molecule has 1 atom stereocenters. The van der Waals surface area contributed by atoms with E-state index in [0.29, 0.717) is 0 Å². The number of carbonyl (C=O) groups excluding carboxylic acids is 1. The van der Waals surface area contributed by atoms with E-state index >= 15 is 0 Å². The molecule has 1 aliphatic rings. The Kier molecular flexibility index (Phi) is 3.37. The highest BCUT2D eigenvalue weighted by Gasteiger charge is 2.23. The third kappa shape index (κ3) is 2.49. The smallest absolute Gasteiger partial charge is 0.241 e. The third-order valence-corrected chi connectivity index (χ3v) is 3.52. The van der Waals surface area contributed by atoms with Crippen LogP contribution in [-0.4, -0.2) is 27.7 Å². The van der Waals surface area contributed by atoms with Crippen molar-refractivity contribution in [3.05, 3.63) is 42.0 Å². The van der Waals surface area contributed by atoms with Crippen LogP contribution in [0.1, 0.15) is 23.7 Å². The Hall–Kier alpha value is -2.37. The topological polar surface area (TPSA) is 71.8 Å². The number of anilines is 1. The Balaban J connectivity index is 1.69. The number of nitrogens with one attached hydrogen (secondary N) is 2. The zero-order chi connectivity index (χ0) is 13.9. The molecule has 0 aromatic carbocycles. The number of pyridine rings is 1. The Morgan fingerprint density at radius 3 is 3.30 bits per heavy atom. The van der Waals surface area contributed by atoms with Gasteiger partial charge < -0.3 is 10.6 Å². The number of amides is 1. The number of hydrogen-bond acceptors (Lipinski definition) is 4. The highest BCUT2D eigenvalue weighted by atomic mass is 16.1. The van der Waals surface area contributed by atoms with Gasteiger partial charge in [-0.15, -0.1) is 0 Å². The van der Waals surface area contributed by atoms with Gasteiger partial charge >= 0.3 is 0 Å². The van der Waals surface area contributed by atoms with Gasteiger partial charge in [0.1, 0.15) is 6.54 Å². The van der Waals surface area contributed by atoms with Gasteiger partial charge in [0.25, 0.3) is 0 Å². The Bertz CT molecular complexity index is 622. The maximum absolute atomic E-state index is 11.3. The predicted octanol–water partition coefficient (Wildman–Crippen LogP) is 1.12. The minimum atomic E-state index is -0.0625. The second kappa shape index (κ2) is 5.32. The number of rotatable bonds is 4. The van der Waals surface area contributed by atoms with E-state index in [1.807, 2.05) is 18.5 Å². The molecule has 6 heteroatoms. The lowest BCUT2D eigenvalue weighted by Gasteiger charge is -2.12. The molecule has 0 saturated carbocycles. The molecule has 0 saturated heterocycles. The summed E-state index contributed by atoms with van der Waals surface area (Å²) in [5.41, 5.74) is 3.34. The highest BCUT2D eigenvalue weighted by molar-refractivity contribution is 5.75. The molecule has 2 heterocycles. The van der Waals surface area contributed by atoms with Crippen molar-refractivity contribution in [2.75, 3.05) is 12.4 Å². The van der Waals surface area contributed by atoms with Gasteiger partial charge in [0.05, 0.1) is 23.6 Å². The first-order valence-corrected chi connectivity index (χ1v) is 6.69. The summed E-state index contributed by atoms with van der Waals surface area (Å²) in [6, 6.07) is 4.32. The van der Waals surface area contributed by atoms with Crippen molar-refractivity contribution >= 4 is 11.6 Å². The second-order valence-electron chi connectivity index (χ2n) is 4.88. The van der Waals surface area contributed by atoms with Gasteiger partial charge in [-0.1, -0.05) is 6.07 Å². The van der Waals surface area contributed by atoms with Gasteiger partial charge in [-0.25, -0.2) is 0 Å². The first-order valence-electron chi connectivity index (χ1n) is 6.69. The van der Waals surface area contributed by atoms with Crippen LogP contribution in [0.25, 0.3) is 0 Å². The van der Waals surface area contributed by atoms with Crippen molar-refractivity contribution in [3.63, 3.8) is 0 Å². The minimum absolute atomic E-state index is 0.0625. The summed E-state index contributed by atoms with van der Waals surface area (Å²) in [6.07, 6.45) is 7.49. The van der Waals surface area contributed by atoms with E-state index in [4.69, 9.17) is 0 Å². The van der Waals surface area contributed by atoms with Crippen LogP contribution in [0.15, 0.2) is 30.7 Å². The Labute approximate surface area is 117 Å². The maximum atomic E-state index is 11.3. The normalized spacial score (nSPS) is 16.8. The summed E-state index contributed by atoms with van der Waals surface area (Å²) in [4.78, 5) is 15.7. The summed E-state index contributed by atoms with van der Waals surface area (Å²) < 4.78 is 1.62. The number of aryl methyl sites for hydroxylation is 1. The molecule has 104 valence electrons. The van der Waals surface area contributed by atoms with E-state index in [1.165, 1.54) is 5.56 Å². The summed E-state index contributed by atoms with van der Waals surface area (Å²) in [7, 11) is 1.62. The fraction of sp³-hybridized carbons (Fsp3) is 0.357. The van der Waals surface area contributed by atoms with Crippen LogP contribution in [0, 0.1) is 0 Å². The molecule has 20 heavy (non-hydrogen) atoms. The molecule has 2 aromatic heterocycles. The van der Waals surface area contributed by atoms with Crippen molar-refractivity contribution in [1.29, 1.82) is 0 Å². The molecule has 6 nitrogen and oxygen atoms in total. The average Bonchev–Trinajstić information content (AvgIpc) is 3.07. The zero-order valence-electron chi connectivity index (χ0n) is 11.3. The fourth-order valence-electron chi connectivity index (χ4n) is 2.51. The lowest BCUT2D eigenvalue weighted by molar-refractivity contribution is -0.121. The molecule has 2 N–H and O–H groups in total. The fourth-order valence-corrected chi connectivity index (χ4v) is 2.51. The summed E-state index contributed by atoms with van der Waals surface area (Å²) in [5.74, 6) is -0.0625. The molecular weight excluding hydrogens is 254 g/mol. The van der Waals surface area contributed by atoms with E-state index in [1.54, 1.807) is 17.9 Å². The molecule has 1 amide bonds. The lowest BCUT2D eigenvalue weighted by atomic mass is 10.2. The van der Waals surface area contributed by atoms with Crippen LogP contribution in [0.5, 0.6) is 0 Å². The predicted molar refractivity (Wildman–Crippen MR) is 75.2 cm³/mol. The van der Waals surface area contributed by atoms with Crippen LogP contribution in [0.4, 0.5) is 5.69 Å². The number of likely N-dealkylation sites (N-methyl/N-ethyl adjacent to an activating group) is 1. The monoisotopic (exact) mass is 271 g/mol. The molecule has 0 radical (unpaired) electrons. The number of aromatic nitrogens is 3. The van der Waals surface area contributed by atoms with Gasteiger partial charge in [0, 0.05) is 19.4 Å². The molecule has 3 rings (SSSR count). The van der Waals surface area contributed by atoms with Gasteiger partial charge in [-0.2, -0.15) is 5.10 Å². The SMILES string of the molecule is CNC(=O)Cn1cc(NC2CCc3cccnc32)cn1. The molecule has 0 spiro atoms. The van der Waals surface area contributed by atoms with Crippen LogP contribution >= 0.6 is 0 Å². The molecule has 0 bridgehead atoms. The van der Waals surface area contributed by atoms with E-state index in [9.17, 15) is 4.79 Å². The molecule has 0 fully saturated rings. The quantitative estimate of drug-likeness (QED) is 0.874. The average molecular weight is 271 g/mol. The molecule has 1 unspecified atom stereocenters. The second-order valence-corrected chi connectivity index (χ2v) is 4.88. The largest absolute Gasteiger partial charge is 0.374 e. The zero-order valence-corrected chi connectivity index (χ0v) is 11.3. The Morgan fingerprint density at radius 2 is 2.45 bits per heavy atom. The standard InChI is InChI=1S/C14H17N5O/c1-15-13(20)9-19-8-11(7-17-19)18-12-5-4-10-3-2-6-16-14(10)12/h2-3,6-8,12,18H,4-5,9H2,1H3,(H,15,20). The highest BCUT2D eigenvalue weighted by Crippen LogP contribution is 2.31. The van der Waals surface area contributed by atoms with Gasteiger partial charge in [0.15, 0.2) is 0 Å². The van der Waals surface area contributed by atoms with Crippen molar-refractivity contribution in [3.8, 4) is 0 Å². The van der Waals surface area contributed by atoms with E-state index in [0.717, 1.165) is 24.2 Å². The van der Waals surface area contributed by atoms with Crippen LogP contribution < -0.4 is 10.6 Å². The number of hydrogen-bond donors (Lipinski definition) is 2. The number of nitrogens with zero attached hydrogens (tertiary/aromatic N) is 3. The van der Waals surface area contributed by atoms with Crippen molar-refractivity contribution in [2.45, 2.75) is 25.4 Å².